The number of carboxylic acids is 1. The molecule has 0 aromatic carbocycles. The summed E-state index contributed by atoms with van der Waals surface area (Å²) in [5, 5.41) is 16.2. The number of carboxylic acid groups (broad SMARTS) is 1. The molecule has 0 spiro atoms. The molecule has 0 amide bonds. The normalized spacial score (nSPS) is 10.7. The van der Waals surface area contributed by atoms with Crippen molar-refractivity contribution >= 4 is 17.4 Å². The Morgan fingerprint density at radius 3 is 3.11 bits per heavy atom. The Morgan fingerprint density at radius 1 is 1.56 bits per heavy atom. The van der Waals surface area contributed by atoms with Gasteiger partial charge in [0, 0.05) is 20.3 Å². The minimum absolute atomic E-state index is 0.0148. The average Bonchev–Trinajstić information content (AvgIpc) is 2.78. The summed E-state index contributed by atoms with van der Waals surface area (Å²) in [4.78, 5) is 14.7. The van der Waals surface area contributed by atoms with E-state index in [-0.39, 0.29) is 5.69 Å². The van der Waals surface area contributed by atoms with Crippen LogP contribution in [0.3, 0.4) is 0 Å². The number of ether oxygens (including phenoxy) is 1. The number of imidazole rings is 1. The Hall–Kier alpha value is -2.15. The lowest BCUT2D eigenvalue weighted by atomic mass is 10.4. The fourth-order valence-corrected chi connectivity index (χ4v) is 1.51. The number of carbonyl (C=O) groups is 1. The Labute approximate surface area is 103 Å². The summed E-state index contributed by atoms with van der Waals surface area (Å²) < 4.78 is 6.39. The Morgan fingerprint density at radius 2 is 2.39 bits per heavy atom. The van der Waals surface area contributed by atoms with Crippen LogP contribution in [0.25, 0.3) is 5.65 Å². The first-order valence-corrected chi connectivity index (χ1v) is 5.53. The van der Waals surface area contributed by atoms with Gasteiger partial charge >= 0.3 is 5.97 Å². The van der Waals surface area contributed by atoms with Crippen molar-refractivity contribution in [2.45, 2.75) is 6.42 Å². The number of hydrogen-bond acceptors (Lipinski definition) is 5. The Bertz CT molecular complexity index is 552. The van der Waals surface area contributed by atoms with E-state index in [2.05, 4.69) is 15.4 Å². The third kappa shape index (κ3) is 2.75. The molecule has 2 aromatic rings. The van der Waals surface area contributed by atoms with E-state index in [4.69, 9.17) is 9.84 Å². The highest BCUT2D eigenvalue weighted by atomic mass is 16.5. The number of methoxy groups -OCH3 is 1. The molecule has 96 valence electrons. The summed E-state index contributed by atoms with van der Waals surface area (Å²) in [5.74, 6) is -0.386. The van der Waals surface area contributed by atoms with E-state index in [1.807, 2.05) is 0 Å². The highest BCUT2D eigenvalue weighted by molar-refractivity contribution is 5.86. The van der Waals surface area contributed by atoms with Crippen molar-refractivity contribution in [1.29, 1.82) is 0 Å². The van der Waals surface area contributed by atoms with Crippen LogP contribution in [0.1, 0.15) is 16.9 Å². The highest BCUT2D eigenvalue weighted by Crippen LogP contribution is 2.08. The average molecular weight is 250 g/mol. The van der Waals surface area contributed by atoms with Crippen molar-refractivity contribution in [3.63, 3.8) is 0 Å². The molecule has 2 aromatic heterocycles. The molecule has 7 heteroatoms. The van der Waals surface area contributed by atoms with Crippen molar-refractivity contribution in [3.05, 3.63) is 24.0 Å². The molecule has 0 aliphatic rings. The number of nitrogens with one attached hydrogen (secondary N) is 1. The summed E-state index contributed by atoms with van der Waals surface area (Å²) >= 11 is 0. The highest BCUT2D eigenvalue weighted by Gasteiger charge is 2.09. The van der Waals surface area contributed by atoms with Crippen LogP contribution in [0, 0.1) is 0 Å². The van der Waals surface area contributed by atoms with Crippen LogP contribution >= 0.6 is 0 Å². The second-order valence-electron chi connectivity index (χ2n) is 3.73. The first-order valence-electron chi connectivity index (χ1n) is 5.53. The minimum Gasteiger partial charge on any atom is -0.476 e. The van der Waals surface area contributed by atoms with E-state index >= 15 is 0 Å². The first-order chi connectivity index (χ1) is 8.70. The minimum atomic E-state index is -1.06. The number of anilines is 1. The molecular formula is C11H14N4O3. The number of hydrogen-bond donors (Lipinski definition) is 2. The quantitative estimate of drug-likeness (QED) is 0.740. The Kier molecular flexibility index (Phi) is 3.73. The van der Waals surface area contributed by atoms with Gasteiger partial charge in [-0.2, -0.15) is 0 Å². The molecule has 2 rings (SSSR count). The maximum atomic E-state index is 10.8. The molecule has 0 saturated carbocycles. The van der Waals surface area contributed by atoms with Crippen LogP contribution < -0.4 is 5.32 Å². The van der Waals surface area contributed by atoms with Crippen molar-refractivity contribution in [2.24, 2.45) is 0 Å². The van der Waals surface area contributed by atoms with E-state index in [1.165, 1.54) is 10.7 Å². The number of rotatable bonds is 6. The summed E-state index contributed by atoms with van der Waals surface area (Å²) in [7, 11) is 1.66. The zero-order valence-corrected chi connectivity index (χ0v) is 9.96. The molecule has 0 bridgehead atoms. The second kappa shape index (κ2) is 5.46. The summed E-state index contributed by atoms with van der Waals surface area (Å²) in [6, 6.07) is 3.48. The van der Waals surface area contributed by atoms with Gasteiger partial charge in [0.15, 0.2) is 11.3 Å². The van der Waals surface area contributed by atoms with Gasteiger partial charge in [0.05, 0.1) is 6.20 Å². The van der Waals surface area contributed by atoms with E-state index < -0.39 is 5.97 Å². The van der Waals surface area contributed by atoms with Gasteiger partial charge in [-0.15, -0.1) is 5.10 Å². The third-order valence-electron chi connectivity index (χ3n) is 2.37. The maximum Gasteiger partial charge on any atom is 0.356 e. The van der Waals surface area contributed by atoms with Gasteiger partial charge in [0.2, 0.25) is 0 Å². The van der Waals surface area contributed by atoms with Crippen molar-refractivity contribution < 1.29 is 14.6 Å². The maximum absolute atomic E-state index is 10.8. The fourth-order valence-electron chi connectivity index (χ4n) is 1.51. The van der Waals surface area contributed by atoms with Gasteiger partial charge in [-0.25, -0.2) is 14.3 Å². The van der Waals surface area contributed by atoms with E-state index in [9.17, 15) is 4.79 Å². The van der Waals surface area contributed by atoms with Crippen LogP contribution in [0.15, 0.2) is 18.3 Å². The lowest BCUT2D eigenvalue weighted by molar-refractivity contribution is 0.0691. The van der Waals surface area contributed by atoms with Crippen LogP contribution in [0.4, 0.5) is 5.82 Å². The molecule has 0 fully saturated rings. The molecule has 0 aliphatic carbocycles. The van der Waals surface area contributed by atoms with Gasteiger partial charge in [-0.1, -0.05) is 0 Å². The van der Waals surface area contributed by atoms with Gasteiger partial charge in [0.1, 0.15) is 5.82 Å². The third-order valence-corrected chi connectivity index (χ3v) is 2.37. The van der Waals surface area contributed by atoms with Crippen LogP contribution in [-0.4, -0.2) is 45.9 Å². The number of aromatic carboxylic acids is 1. The van der Waals surface area contributed by atoms with Gasteiger partial charge < -0.3 is 15.2 Å². The lowest BCUT2D eigenvalue weighted by Crippen LogP contribution is -2.07. The smallest absolute Gasteiger partial charge is 0.356 e. The first kappa shape index (κ1) is 12.3. The monoisotopic (exact) mass is 250 g/mol. The molecule has 2 N–H and O–H groups in total. The van der Waals surface area contributed by atoms with Gasteiger partial charge in [-0.3, -0.25) is 0 Å². The molecule has 0 unspecified atom stereocenters. The van der Waals surface area contributed by atoms with Gasteiger partial charge in [0.25, 0.3) is 0 Å². The summed E-state index contributed by atoms with van der Waals surface area (Å²) in [6.45, 7) is 1.43. The van der Waals surface area contributed by atoms with Crippen LogP contribution in [-0.2, 0) is 4.74 Å². The Balaban J connectivity index is 2.09. The van der Waals surface area contributed by atoms with Gasteiger partial charge in [-0.05, 0) is 18.6 Å². The summed E-state index contributed by atoms with van der Waals surface area (Å²) in [5.41, 5.74) is 0.494. The molecule has 2 heterocycles. The largest absolute Gasteiger partial charge is 0.476 e. The summed E-state index contributed by atoms with van der Waals surface area (Å²) in [6.07, 6.45) is 2.26. The molecule has 18 heavy (non-hydrogen) atoms. The zero-order chi connectivity index (χ0) is 13.0. The number of nitrogens with zero attached hydrogens (tertiary/aromatic N) is 3. The topological polar surface area (TPSA) is 88.8 Å². The molecule has 0 saturated heterocycles. The van der Waals surface area contributed by atoms with Crippen LogP contribution in [0.2, 0.25) is 0 Å². The second-order valence-corrected chi connectivity index (χ2v) is 3.73. The van der Waals surface area contributed by atoms with Crippen molar-refractivity contribution in [2.75, 3.05) is 25.6 Å². The zero-order valence-electron chi connectivity index (χ0n) is 9.96. The lowest BCUT2D eigenvalue weighted by Gasteiger charge is -2.04. The number of aromatic nitrogens is 3. The molecule has 0 aliphatic heterocycles. The number of fused-ring (bicyclic) bond motifs is 1. The van der Waals surface area contributed by atoms with E-state index in [0.29, 0.717) is 18.1 Å². The SMILES string of the molecule is COCCCNc1ccc2nc(C(=O)O)cn2n1. The van der Waals surface area contributed by atoms with E-state index in [0.717, 1.165) is 13.0 Å². The fraction of sp³-hybridized carbons (Fsp3) is 0.364. The van der Waals surface area contributed by atoms with Crippen LogP contribution in [0.5, 0.6) is 0 Å². The van der Waals surface area contributed by atoms with Crippen molar-refractivity contribution in [1.82, 2.24) is 14.6 Å². The molecular weight excluding hydrogens is 236 g/mol. The molecule has 0 radical (unpaired) electrons. The molecule has 0 atom stereocenters. The van der Waals surface area contributed by atoms with Crippen molar-refractivity contribution in [3.8, 4) is 0 Å². The molecule has 7 nitrogen and oxygen atoms in total. The standard InChI is InChI=1S/C11H14N4O3/c1-18-6-2-5-12-9-3-4-10-13-8(11(16)17)7-15(10)14-9/h3-4,7H,2,5-6H2,1H3,(H,12,14)(H,16,17). The predicted octanol–water partition coefficient (Wildman–Crippen LogP) is 0.876. The predicted molar refractivity (Wildman–Crippen MR) is 64.9 cm³/mol. The van der Waals surface area contributed by atoms with E-state index in [1.54, 1.807) is 19.2 Å².